The van der Waals surface area contributed by atoms with Crippen molar-refractivity contribution in [3.8, 4) is 0 Å². The van der Waals surface area contributed by atoms with Crippen molar-refractivity contribution in [2.45, 2.75) is 77.2 Å². The summed E-state index contributed by atoms with van der Waals surface area (Å²) in [6.07, 6.45) is 11.9. The van der Waals surface area contributed by atoms with E-state index in [9.17, 15) is 9.90 Å². The van der Waals surface area contributed by atoms with Crippen LogP contribution >= 0.6 is 0 Å². The van der Waals surface area contributed by atoms with Gasteiger partial charge in [-0.15, -0.1) is 0 Å². The highest BCUT2D eigenvalue weighted by atomic mass is 16.3. The molecular weight excluding hydrogens is 358 g/mol. The van der Waals surface area contributed by atoms with Gasteiger partial charge in [0.25, 0.3) is 0 Å². The van der Waals surface area contributed by atoms with Gasteiger partial charge in [-0.3, -0.25) is 4.79 Å². The summed E-state index contributed by atoms with van der Waals surface area (Å²) in [6.45, 7) is 2.49. The summed E-state index contributed by atoms with van der Waals surface area (Å²) in [5, 5.41) is 13.3. The van der Waals surface area contributed by atoms with Crippen LogP contribution in [-0.2, 0) is 4.79 Å². The van der Waals surface area contributed by atoms with Gasteiger partial charge in [0.05, 0.1) is 6.10 Å². The van der Waals surface area contributed by atoms with Crippen LogP contribution in [0.1, 0.15) is 71.1 Å². The molecule has 5 rings (SSSR count). The molecule has 1 aromatic rings. The van der Waals surface area contributed by atoms with Crippen molar-refractivity contribution >= 4 is 11.6 Å². The Balaban J connectivity index is 1.26. The molecule has 0 bridgehead atoms. The third-order valence-electron chi connectivity index (χ3n) is 9.40. The number of anilines is 1. The quantitative estimate of drug-likeness (QED) is 0.680. The van der Waals surface area contributed by atoms with E-state index >= 15 is 0 Å². The molecule has 0 radical (unpaired) electrons. The lowest BCUT2D eigenvalue weighted by Gasteiger charge is -2.59. The predicted octanol–water partition coefficient (Wildman–Crippen LogP) is 5.64. The van der Waals surface area contributed by atoms with Crippen LogP contribution in [0.3, 0.4) is 0 Å². The van der Waals surface area contributed by atoms with Gasteiger partial charge in [0.15, 0.2) is 0 Å². The van der Waals surface area contributed by atoms with E-state index in [0.29, 0.717) is 5.41 Å². The maximum Gasteiger partial charge on any atom is 0.227 e. The van der Waals surface area contributed by atoms with E-state index in [-0.39, 0.29) is 17.9 Å². The van der Waals surface area contributed by atoms with Crippen molar-refractivity contribution in [2.24, 2.45) is 40.9 Å². The van der Waals surface area contributed by atoms with Crippen LogP contribution < -0.4 is 5.32 Å². The number of benzene rings is 1. The monoisotopic (exact) mass is 395 g/mol. The number of fused-ring (bicyclic) bond motifs is 5. The molecule has 0 heterocycles. The van der Waals surface area contributed by atoms with E-state index in [2.05, 4.69) is 12.2 Å². The first-order valence-corrected chi connectivity index (χ1v) is 12.1. The molecule has 1 aromatic carbocycles. The van der Waals surface area contributed by atoms with Crippen LogP contribution in [0.5, 0.6) is 0 Å². The van der Waals surface area contributed by atoms with Crippen LogP contribution in [0.25, 0.3) is 0 Å². The summed E-state index contributed by atoms with van der Waals surface area (Å²) < 4.78 is 0. The second-order valence-corrected chi connectivity index (χ2v) is 10.9. The molecule has 3 heteroatoms. The third-order valence-corrected chi connectivity index (χ3v) is 9.40. The Labute approximate surface area is 175 Å². The van der Waals surface area contributed by atoms with Crippen molar-refractivity contribution in [3.63, 3.8) is 0 Å². The molecule has 0 aliphatic heterocycles. The number of nitrogens with one attached hydrogen (secondary N) is 1. The van der Waals surface area contributed by atoms with Gasteiger partial charge in [-0.25, -0.2) is 0 Å². The normalized spacial score (nSPS) is 44.1. The summed E-state index contributed by atoms with van der Waals surface area (Å²) in [7, 11) is 0. The van der Waals surface area contributed by atoms with Crippen LogP contribution in [-0.4, -0.2) is 17.1 Å². The molecule has 0 aromatic heterocycles. The van der Waals surface area contributed by atoms with Crippen LogP contribution in [0.2, 0.25) is 0 Å². The van der Waals surface area contributed by atoms with Crippen molar-refractivity contribution in [1.29, 1.82) is 0 Å². The minimum absolute atomic E-state index is 0.0415. The Morgan fingerprint density at radius 3 is 2.59 bits per heavy atom. The average molecular weight is 396 g/mol. The Kier molecular flexibility index (Phi) is 5.22. The molecular formula is C26H37NO2. The Morgan fingerprint density at radius 2 is 1.76 bits per heavy atom. The smallest absolute Gasteiger partial charge is 0.227 e. The number of amides is 1. The summed E-state index contributed by atoms with van der Waals surface area (Å²) >= 11 is 0. The van der Waals surface area contributed by atoms with Gasteiger partial charge in [-0.1, -0.05) is 25.1 Å². The largest absolute Gasteiger partial charge is 0.393 e. The summed E-state index contributed by atoms with van der Waals surface area (Å²) in [5.74, 6) is 4.57. The van der Waals surface area contributed by atoms with E-state index in [0.717, 1.165) is 61.0 Å². The SMILES string of the molecule is C[C@]12CC[C@H]3[C@@H](CC[C@@H]4C[C@H](O)CC[C@@H]43)[C@@H]1CC[C@H](C(=O)Nc1ccccc1)C2. The average Bonchev–Trinajstić information content (AvgIpc) is 2.73. The predicted molar refractivity (Wildman–Crippen MR) is 116 cm³/mol. The summed E-state index contributed by atoms with van der Waals surface area (Å²) in [4.78, 5) is 13.0. The molecule has 0 saturated heterocycles. The standard InChI is InChI=1S/C26H37NO2/c1-26-14-13-22-21-11-9-20(28)15-17(21)7-10-23(22)24(26)12-8-18(16-26)25(29)27-19-5-3-2-4-6-19/h2-6,17-18,20-24,28H,7-16H2,1H3,(H,27,29)/t17-,18+,20-,21+,22-,23-,24+,26-/m1/s1. The van der Waals surface area contributed by atoms with Gasteiger partial charge >= 0.3 is 0 Å². The molecule has 4 aliphatic carbocycles. The number of carbonyl (C=O) groups is 1. The number of carbonyl (C=O) groups excluding carboxylic acids is 1. The third kappa shape index (κ3) is 3.65. The van der Waals surface area contributed by atoms with E-state index < -0.39 is 0 Å². The van der Waals surface area contributed by atoms with Crippen molar-refractivity contribution in [2.75, 3.05) is 5.32 Å². The second-order valence-electron chi connectivity index (χ2n) is 10.9. The number of hydrogen-bond acceptors (Lipinski definition) is 2. The van der Waals surface area contributed by atoms with E-state index in [1.165, 1.54) is 38.5 Å². The molecule has 29 heavy (non-hydrogen) atoms. The van der Waals surface area contributed by atoms with Gasteiger partial charge < -0.3 is 10.4 Å². The zero-order chi connectivity index (χ0) is 20.0. The van der Waals surface area contributed by atoms with E-state index in [1.807, 2.05) is 30.3 Å². The fraction of sp³-hybridized carbons (Fsp3) is 0.731. The lowest BCUT2D eigenvalue weighted by Crippen LogP contribution is -2.52. The number of hydrogen-bond donors (Lipinski definition) is 2. The molecule has 0 unspecified atom stereocenters. The zero-order valence-electron chi connectivity index (χ0n) is 17.9. The summed E-state index contributed by atoms with van der Waals surface area (Å²) in [6, 6.07) is 9.92. The van der Waals surface area contributed by atoms with Crippen molar-refractivity contribution in [3.05, 3.63) is 30.3 Å². The molecule has 4 aliphatic rings. The highest BCUT2D eigenvalue weighted by molar-refractivity contribution is 5.92. The van der Waals surface area contributed by atoms with Crippen LogP contribution in [0.4, 0.5) is 5.69 Å². The van der Waals surface area contributed by atoms with E-state index in [1.54, 1.807) is 0 Å². The number of rotatable bonds is 2. The van der Waals surface area contributed by atoms with Crippen molar-refractivity contribution < 1.29 is 9.90 Å². The van der Waals surface area contributed by atoms with E-state index in [4.69, 9.17) is 0 Å². The Hall–Kier alpha value is -1.35. The lowest BCUT2D eigenvalue weighted by molar-refractivity contribution is -0.130. The fourth-order valence-corrected chi connectivity index (χ4v) is 8.07. The second kappa shape index (κ2) is 7.72. The Bertz CT molecular complexity index is 733. The lowest BCUT2D eigenvalue weighted by atomic mass is 9.46. The van der Waals surface area contributed by atoms with Gasteiger partial charge in [-0.05, 0) is 111 Å². The van der Waals surface area contributed by atoms with Gasteiger partial charge in [0, 0.05) is 11.6 Å². The molecule has 2 N–H and O–H groups in total. The fourth-order valence-electron chi connectivity index (χ4n) is 8.07. The van der Waals surface area contributed by atoms with Gasteiger partial charge in [-0.2, -0.15) is 0 Å². The number of aliphatic hydroxyl groups excluding tert-OH is 1. The minimum atomic E-state index is -0.0415. The first kappa shape index (κ1) is 19.6. The van der Waals surface area contributed by atoms with Crippen LogP contribution in [0, 0.1) is 40.9 Å². The molecule has 0 spiro atoms. The molecule has 8 atom stereocenters. The zero-order valence-corrected chi connectivity index (χ0v) is 17.9. The molecule has 4 saturated carbocycles. The topological polar surface area (TPSA) is 49.3 Å². The highest BCUT2D eigenvalue weighted by Crippen LogP contribution is 2.62. The number of para-hydroxylation sites is 1. The van der Waals surface area contributed by atoms with Gasteiger partial charge in [0.1, 0.15) is 0 Å². The first-order valence-electron chi connectivity index (χ1n) is 12.1. The van der Waals surface area contributed by atoms with Gasteiger partial charge in [0.2, 0.25) is 5.91 Å². The highest BCUT2D eigenvalue weighted by Gasteiger charge is 2.54. The Morgan fingerprint density at radius 1 is 0.966 bits per heavy atom. The maximum atomic E-state index is 13.0. The molecule has 3 nitrogen and oxygen atoms in total. The molecule has 158 valence electrons. The maximum absolute atomic E-state index is 13.0. The summed E-state index contributed by atoms with van der Waals surface area (Å²) in [5.41, 5.74) is 1.25. The van der Waals surface area contributed by atoms with Crippen LogP contribution in [0.15, 0.2) is 30.3 Å². The van der Waals surface area contributed by atoms with Crippen molar-refractivity contribution in [1.82, 2.24) is 0 Å². The number of aliphatic hydroxyl groups is 1. The first-order chi connectivity index (χ1) is 14.0. The minimum Gasteiger partial charge on any atom is -0.393 e. The molecule has 1 amide bonds. The molecule has 4 fully saturated rings.